The third-order valence-corrected chi connectivity index (χ3v) is 9.93. The summed E-state index contributed by atoms with van der Waals surface area (Å²) in [5, 5.41) is 21.8. The average molecular weight is 642 g/mol. The van der Waals surface area contributed by atoms with E-state index in [0.29, 0.717) is 18.7 Å². The lowest BCUT2D eigenvalue weighted by atomic mass is 9.91. The van der Waals surface area contributed by atoms with Gasteiger partial charge in [0.05, 0.1) is 25.4 Å². The Bertz CT molecular complexity index is 1050. The van der Waals surface area contributed by atoms with Gasteiger partial charge in [0.1, 0.15) is 0 Å². The number of hydrogen-bond donors (Lipinski definition) is 3. The van der Waals surface area contributed by atoms with Crippen LogP contribution in [-0.4, -0.2) is 40.3 Å². The van der Waals surface area contributed by atoms with Crippen molar-refractivity contribution in [3.05, 3.63) is 70.8 Å². The maximum absolute atomic E-state index is 12.4. The molecule has 0 bridgehead atoms. The number of benzene rings is 2. The van der Waals surface area contributed by atoms with Gasteiger partial charge in [-0.25, -0.2) is 0 Å². The van der Waals surface area contributed by atoms with Gasteiger partial charge >= 0.3 is 0 Å². The van der Waals surface area contributed by atoms with E-state index in [9.17, 15) is 15.0 Å². The lowest BCUT2D eigenvalue weighted by Gasteiger charge is -2.41. The second-order valence-electron chi connectivity index (χ2n) is 12.6. The SMILES string of the molecule is CCCCCCCCCCCCCCCC(=O)NCc1ccc(C2O[C@H](CSCCO)[C@H](C)[C@H](c3ccc(CO)cc3)O2)cc1. The van der Waals surface area contributed by atoms with E-state index in [2.05, 4.69) is 19.2 Å². The van der Waals surface area contributed by atoms with E-state index in [1.807, 2.05) is 48.5 Å². The van der Waals surface area contributed by atoms with Crippen LogP contribution in [-0.2, 0) is 27.4 Å². The molecule has 3 N–H and O–H groups in total. The molecule has 1 fully saturated rings. The highest BCUT2D eigenvalue weighted by molar-refractivity contribution is 7.99. The van der Waals surface area contributed by atoms with Crippen molar-refractivity contribution in [2.24, 2.45) is 5.92 Å². The predicted molar refractivity (Wildman–Crippen MR) is 186 cm³/mol. The van der Waals surface area contributed by atoms with Crippen LogP contribution >= 0.6 is 11.8 Å². The molecule has 6 nitrogen and oxygen atoms in total. The summed E-state index contributed by atoms with van der Waals surface area (Å²) in [6, 6.07) is 16.0. The molecule has 3 rings (SSSR count). The van der Waals surface area contributed by atoms with Crippen molar-refractivity contribution in [1.29, 1.82) is 0 Å². The van der Waals surface area contributed by atoms with Crippen molar-refractivity contribution >= 4 is 17.7 Å². The number of nitrogens with one attached hydrogen (secondary N) is 1. The Morgan fingerprint density at radius 1 is 0.756 bits per heavy atom. The first-order valence-electron chi connectivity index (χ1n) is 17.6. The fourth-order valence-corrected chi connectivity index (χ4v) is 6.87. The Balaban J connectivity index is 1.38. The van der Waals surface area contributed by atoms with Gasteiger partial charge in [-0.2, -0.15) is 11.8 Å². The molecule has 1 heterocycles. The molecular formula is C38H59NO5S. The molecule has 7 heteroatoms. The Morgan fingerprint density at radius 3 is 1.89 bits per heavy atom. The maximum atomic E-state index is 12.4. The standard InChI is InChI=1S/C38H59NO5S/c1-3-4-5-6-7-8-9-10-11-12-13-14-15-16-36(42)39-27-31-17-23-34(24-18-31)38-43-35(29-45-26-25-40)30(2)37(44-38)33-21-19-32(28-41)20-22-33/h17-24,30,35,37-38,40-41H,3-16,25-29H2,1-2H3,(H,39,42)/t30-,35+,37+,38?/m0/s1. The molecule has 0 saturated carbocycles. The molecule has 0 spiro atoms. The van der Waals surface area contributed by atoms with E-state index in [0.717, 1.165) is 40.8 Å². The number of amides is 1. The molecule has 2 aromatic rings. The van der Waals surface area contributed by atoms with Crippen LogP contribution in [0.1, 0.15) is 138 Å². The molecule has 0 aromatic heterocycles. The molecule has 1 unspecified atom stereocenters. The first-order valence-corrected chi connectivity index (χ1v) is 18.8. The van der Waals surface area contributed by atoms with Gasteiger partial charge in [-0.1, -0.05) is 139 Å². The molecule has 1 aliphatic heterocycles. The zero-order valence-corrected chi connectivity index (χ0v) is 28.7. The zero-order chi connectivity index (χ0) is 32.1. The number of carbonyl (C=O) groups excluding carboxylic acids is 1. The van der Waals surface area contributed by atoms with E-state index in [-0.39, 0.29) is 37.2 Å². The number of thioether (sulfide) groups is 1. The van der Waals surface area contributed by atoms with Crippen molar-refractivity contribution in [3.63, 3.8) is 0 Å². The number of carbonyl (C=O) groups is 1. The number of aliphatic hydroxyl groups is 2. The number of hydrogen-bond acceptors (Lipinski definition) is 6. The van der Waals surface area contributed by atoms with Gasteiger partial charge in [-0.3, -0.25) is 4.79 Å². The minimum absolute atomic E-state index is 0.0137. The van der Waals surface area contributed by atoms with Crippen molar-refractivity contribution in [2.45, 2.75) is 135 Å². The fraction of sp³-hybridized carbons (Fsp3) is 0.658. The quantitative estimate of drug-likeness (QED) is 0.105. The molecule has 1 saturated heterocycles. The minimum atomic E-state index is -0.511. The van der Waals surface area contributed by atoms with Gasteiger partial charge in [-0.15, -0.1) is 0 Å². The molecule has 0 aliphatic carbocycles. The van der Waals surface area contributed by atoms with E-state index >= 15 is 0 Å². The Labute approximate surface area is 277 Å². The van der Waals surface area contributed by atoms with Gasteiger partial charge in [0, 0.05) is 36.0 Å². The summed E-state index contributed by atoms with van der Waals surface area (Å²) < 4.78 is 13.0. The molecule has 1 aliphatic rings. The summed E-state index contributed by atoms with van der Waals surface area (Å²) in [7, 11) is 0. The summed E-state index contributed by atoms with van der Waals surface area (Å²) >= 11 is 1.69. The highest BCUT2D eigenvalue weighted by Crippen LogP contribution is 2.42. The zero-order valence-electron chi connectivity index (χ0n) is 27.9. The third kappa shape index (κ3) is 14.2. The monoisotopic (exact) mass is 641 g/mol. The fourth-order valence-electron chi connectivity index (χ4n) is 5.96. The molecule has 252 valence electrons. The minimum Gasteiger partial charge on any atom is -0.396 e. The molecule has 45 heavy (non-hydrogen) atoms. The van der Waals surface area contributed by atoms with Gasteiger partial charge in [0.25, 0.3) is 0 Å². The molecular weight excluding hydrogens is 582 g/mol. The van der Waals surface area contributed by atoms with Crippen LogP contribution in [0.3, 0.4) is 0 Å². The maximum Gasteiger partial charge on any atom is 0.220 e. The van der Waals surface area contributed by atoms with Gasteiger partial charge in [0.2, 0.25) is 5.91 Å². The summed E-state index contributed by atoms with van der Waals surface area (Å²) in [4.78, 5) is 12.4. The molecule has 2 aromatic carbocycles. The van der Waals surface area contributed by atoms with Crippen LogP contribution in [0.4, 0.5) is 0 Å². The molecule has 4 atom stereocenters. The molecule has 0 radical (unpaired) electrons. The van der Waals surface area contributed by atoms with Crippen LogP contribution < -0.4 is 5.32 Å². The Kier molecular flexibility index (Phi) is 18.9. The van der Waals surface area contributed by atoms with Crippen molar-refractivity contribution in [1.82, 2.24) is 5.32 Å². The lowest BCUT2D eigenvalue weighted by Crippen LogP contribution is -2.38. The van der Waals surface area contributed by atoms with Crippen LogP contribution in [0.25, 0.3) is 0 Å². The van der Waals surface area contributed by atoms with Crippen molar-refractivity contribution < 1.29 is 24.5 Å². The second kappa shape index (κ2) is 22.6. The first-order chi connectivity index (χ1) is 22.0. The van der Waals surface area contributed by atoms with Gasteiger partial charge < -0.3 is 25.0 Å². The predicted octanol–water partition coefficient (Wildman–Crippen LogP) is 8.79. The van der Waals surface area contributed by atoms with E-state index in [1.165, 1.54) is 70.6 Å². The number of aliphatic hydroxyl groups excluding tert-OH is 2. The number of rotatable bonds is 23. The van der Waals surface area contributed by atoms with E-state index in [4.69, 9.17) is 9.47 Å². The molecule has 1 amide bonds. The van der Waals surface area contributed by atoms with E-state index in [1.54, 1.807) is 11.8 Å². The van der Waals surface area contributed by atoms with Crippen molar-refractivity contribution in [3.8, 4) is 0 Å². The first kappa shape index (κ1) is 37.6. The van der Waals surface area contributed by atoms with Gasteiger partial charge in [-0.05, 0) is 23.1 Å². The third-order valence-electron chi connectivity index (χ3n) is 8.89. The van der Waals surface area contributed by atoms with Gasteiger partial charge in [0.15, 0.2) is 6.29 Å². The Morgan fingerprint density at radius 2 is 1.31 bits per heavy atom. The normalized spacial score (nSPS) is 19.9. The largest absolute Gasteiger partial charge is 0.396 e. The Hall–Kier alpha value is -1.90. The summed E-state index contributed by atoms with van der Waals surface area (Å²) in [5.41, 5.74) is 3.93. The number of ether oxygens (including phenoxy) is 2. The highest BCUT2D eigenvalue weighted by Gasteiger charge is 2.38. The van der Waals surface area contributed by atoms with Crippen molar-refractivity contribution in [2.75, 3.05) is 18.1 Å². The summed E-state index contributed by atoms with van der Waals surface area (Å²) in [5.74, 6) is 1.69. The summed E-state index contributed by atoms with van der Waals surface area (Å²) in [6.45, 7) is 5.09. The van der Waals surface area contributed by atoms with Crippen LogP contribution in [0.15, 0.2) is 48.5 Å². The topological polar surface area (TPSA) is 88.0 Å². The van der Waals surface area contributed by atoms with Crippen LogP contribution in [0.5, 0.6) is 0 Å². The van der Waals surface area contributed by atoms with Crippen LogP contribution in [0.2, 0.25) is 0 Å². The average Bonchev–Trinajstić information content (AvgIpc) is 3.07. The lowest BCUT2D eigenvalue weighted by molar-refractivity contribution is -0.268. The second-order valence-corrected chi connectivity index (χ2v) is 13.8. The van der Waals surface area contributed by atoms with Crippen LogP contribution in [0, 0.1) is 5.92 Å². The van der Waals surface area contributed by atoms with E-state index < -0.39 is 6.29 Å². The summed E-state index contributed by atoms with van der Waals surface area (Å²) in [6.07, 6.45) is 16.9. The number of unbranched alkanes of at least 4 members (excludes halogenated alkanes) is 12. The smallest absolute Gasteiger partial charge is 0.220 e. The highest BCUT2D eigenvalue weighted by atomic mass is 32.2.